The number of ether oxygens (including phenoxy) is 1. The van der Waals surface area contributed by atoms with Crippen LogP contribution in [-0.4, -0.2) is 43.6 Å². The van der Waals surface area contributed by atoms with E-state index in [-0.39, 0.29) is 24.7 Å². The molecule has 0 atom stereocenters. The Morgan fingerprint density at radius 1 is 1.35 bits per heavy atom. The molecule has 0 aromatic carbocycles. The maximum absolute atomic E-state index is 11.9. The molecule has 0 aliphatic heterocycles. The Hall–Kier alpha value is -1.47. The maximum atomic E-state index is 11.9. The van der Waals surface area contributed by atoms with Crippen molar-refractivity contribution < 1.29 is 17.9 Å². The van der Waals surface area contributed by atoms with Crippen molar-refractivity contribution in [3.05, 3.63) is 29.6 Å². The third kappa shape index (κ3) is 4.90. The first-order valence-electron chi connectivity index (χ1n) is 6.32. The second kappa shape index (κ2) is 7.35. The SMILES string of the molecule is CCCS(=O)(=O)N(C)Cc1cncc(CC(=O)OC)c1. The molecule has 0 unspecified atom stereocenters. The zero-order chi connectivity index (χ0) is 15.2. The van der Waals surface area contributed by atoms with Crippen molar-refractivity contribution in [3.63, 3.8) is 0 Å². The molecule has 1 aromatic heterocycles. The Bertz CT molecular complexity index is 557. The minimum atomic E-state index is -3.24. The summed E-state index contributed by atoms with van der Waals surface area (Å²) in [5.41, 5.74) is 1.45. The van der Waals surface area contributed by atoms with E-state index in [0.717, 1.165) is 5.56 Å². The van der Waals surface area contributed by atoms with E-state index in [2.05, 4.69) is 9.72 Å². The van der Waals surface area contributed by atoms with Gasteiger partial charge in [-0.3, -0.25) is 9.78 Å². The molecular weight excluding hydrogens is 280 g/mol. The van der Waals surface area contributed by atoms with E-state index in [9.17, 15) is 13.2 Å². The van der Waals surface area contributed by atoms with Crippen molar-refractivity contribution in [2.45, 2.75) is 26.3 Å². The minimum absolute atomic E-state index is 0.124. The van der Waals surface area contributed by atoms with E-state index in [1.165, 1.54) is 18.5 Å². The Labute approximate surface area is 119 Å². The Morgan fingerprint density at radius 2 is 2.00 bits per heavy atom. The molecular formula is C13H20N2O4S. The van der Waals surface area contributed by atoms with Crippen molar-refractivity contribution in [1.82, 2.24) is 9.29 Å². The fraction of sp³-hybridized carbons (Fsp3) is 0.538. The molecule has 1 rings (SSSR count). The highest BCUT2D eigenvalue weighted by molar-refractivity contribution is 7.89. The van der Waals surface area contributed by atoms with Crippen LogP contribution in [0.4, 0.5) is 0 Å². The molecule has 1 aromatic rings. The molecule has 7 heteroatoms. The average Bonchev–Trinajstić information content (AvgIpc) is 2.38. The van der Waals surface area contributed by atoms with Crippen LogP contribution in [0.3, 0.4) is 0 Å². The minimum Gasteiger partial charge on any atom is -0.469 e. The number of esters is 1. The van der Waals surface area contributed by atoms with E-state index < -0.39 is 10.0 Å². The Kier molecular flexibility index (Phi) is 6.09. The first kappa shape index (κ1) is 16.6. The summed E-state index contributed by atoms with van der Waals surface area (Å²) in [6, 6.07) is 1.77. The van der Waals surface area contributed by atoms with Gasteiger partial charge in [0.1, 0.15) is 0 Å². The molecule has 0 radical (unpaired) electrons. The van der Waals surface area contributed by atoms with Gasteiger partial charge < -0.3 is 4.74 Å². The zero-order valence-corrected chi connectivity index (χ0v) is 12.8. The second-order valence-electron chi connectivity index (χ2n) is 4.53. The van der Waals surface area contributed by atoms with E-state index in [0.29, 0.717) is 12.0 Å². The van der Waals surface area contributed by atoms with Gasteiger partial charge in [-0.2, -0.15) is 0 Å². The average molecular weight is 300 g/mol. The molecule has 0 bridgehead atoms. The number of carbonyl (C=O) groups is 1. The third-order valence-corrected chi connectivity index (χ3v) is 4.77. The highest BCUT2D eigenvalue weighted by Crippen LogP contribution is 2.10. The number of aromatic nitrogens is 1. The van der Waals surface area contributed by atoms with Crippen LogP contribution in [0.5, 0.6) is 0 Å². The van der Waals surface area contributed by atoms with E-state index in [1.54, 1.807) is 18.5 Å². The summed E-state index contributed by atoms with van der Waals surface area (Å²) in [5, 5.41) is 0. The van der Waals surface area contributed by atoms with Gasteiger partial charge in [0.25, 0.3) is 0 Å². The molecule has 0 aliphatic carbocycles. The molecule has 112 valence electrons. The van der Waals surface area contributed by atoms with Crippen LogP contribution >= 0.6 is 0 Å². The molecule has 6 nitrogen and oxygen atoms in total. The number of carbonyl (C=O) groups excluding carboxylic acids is 1. The second-order valence-corrected chi connectivity index (χ2v) is 6.72. The van der Waals surface area contributed by atoms with E-state index in [1.807, 2.05) is 6.92 Å². The fourth-order valence-electron chi connectivity index (χ4n) is 1.73. The summed E-state index contributed by atoms with van der Waals surface area (Å²) < 4.78 is 29.6. The van der Waals surface area contributed by atoms with Crippen LogP contribution in [0, 0.1) is 0 Å². The van der Waals surface area contributed by atoms with Crippen LogP contribution < -0.4 is 0 Å². The molecule has 0 fully saturated rings. The molecule has 0 N–H and O–H groups in total. The molecule has 0 aliphatic rings. The number of hydrogen-bond acceptors (Lipinski definition) is 5. The number of sulfonamides is 1. The summed E-state index contributed by atoms with van der Waals surface area (Å²) in [6.45, 7) is 2.06. The summed E-state index contributed by atoms with van der Waals surface area (Å²) in [7, 11) is -0.371. The quantitative estimate of drug-likeness (QED) is 0.701. The van der Waals surface area contributed by atoms with Gasteiger partial charge in [-0.15, -0.1) is 0 Å². The highest BCUT2D eigenvalue weighted by atomic mass is 32.2. The largest absolute Gasteiger partial charge is 0.469 e. The topological polar surface area (TPSA) is 76.6 Å². The number of nitrogens with zero attached hydrogens (tertiary/aromatic N) is 2. The Morgan fingerprint density at radius 3 is 2.60 bits per heavy atom. The lowest BCUT2D eigenvalue weighted by Crippen LogP contribution is -2.28. The van der Waals surface area contributed by atoms with Gasteiger partial charge in [0.05, 0.1) is 19.3 Å². The van der Waals surface area contributed by atoms with E-state index >= 15 is 0 Å². The van der Waals surface area contributed by atoms with Gasteiger partial charge in [0.2, 0.25) is 10.0 Å². The van der Waals surface area contributed by atoms with Gasteiger partial charge in [-0.1, -0.05) is 13.0 Å². The van der Waals surface area contributed by atoms with Crippen molar-refractivity contribution in [2.75, 3.05) is 19.9 Å². The highest BCUT2D eigenvalue weighted by Gasteiger charge is 2.17. The van der Waals surface area contributed by atoms with Gasteiger partial charge in [0, 0.05) is 26.0 Å². The molecule has 1 heterocycles. The lowest BCUT2D eigenvalue weighted by molar-refractivity contribution is -0.139. The van der Waals surface area contributed by atoms with Crippen molar-refractivity contribution >= 4 is 16.0 Å². The first-order chi connectivity index (χ1) is 9.39. The lowest BCUT2D eigenvalue weighted by Gasteiger charge is -2.16. The maximum Gasteiger partial charge on any atom is 0.310 e. The monoisotopic (exact) mass is 300 g/mol. The van der Waals surface area contributed by atoms with Crippen LogP contribution in [0.1, 0.15) is 24.5 Å². The van der Waals surface area contributed by atoms with Gasteiger partial charge in [0.15, 0.2) is 0 Å². The number of hydrogen-bond donors (Lipinski definition) is 0. The van der Waals surface area contributed by atoms with Crippen LogP contribution in [0.2, 0.25) is 0 Å². The summed E-state index contributed by atoms with van der Waals surface area (Å²) in [6.07, 6.45) is 3.87. The number of methoxy groups -OCH3 is 1. The summed E-state index contributed by atoms with van der Waals surface area (Å²) in [5.74, 6) is -0.227. The van der Waals surface area contributed by atoms with Crippen LogP contribution in [-0.2, 0) is 32.5 Å². The number of rotatable bonds is 7. The Balaban J connectivity index is 2.78. The summed E-state index contributed by atoms with van der Waals surface area (Å²) in [4.78, 5) is 15.2. The van der Waals surface area contributed by atoms with Crippen molar-refractivity contribution in [1.29, 1.82) is 0 Å². The normalized spacial score (nSPS) is 11.6. The van der Waals surface area contributed by atoms with E-state index in [4.69, 9.17) is 0 Å². The molecule has 0 amide bonds. The van der Waals surface area contributed by atoms with Gasteiger partial charge in [-0.25, -0.2) is 12.7 Å². The first-order valence-corrected chi connectivity index (χ1v) is 7.93. The summed E-state index contributed by atoms with van der Waals surface area (Å²) >= 11 is 0. The fourth-order valence-corrected chi connectivity index (χ4v) is 2.91. The van der Waals surface area contributed by atoms with Gasteiger partial charge in [-0.05, 0) is 17.5 Å². The van der Waals surface area contributed by atoms with Crippen LogP contribution in [0.25, 0.3) is 0 Å². The smallest absolute Gasteiger partial charge is 0.310 e. The molecule has 0 spiro atoms. The molecule has 20 heavy (non-hydrogen) atoms. The van der Waals surface area contributed by atoms with Crippen LogP contribution in [0.15, 0.2) is 18.5 Å². The van der Waals surface area contributed by atoms with Crippen molar-refractivity contribution in [2.24, 2.45) is 0 Å². The lowest BCUT2D eigenvalue weighted by atomic mass is 10.1. The predicted octanol–water partition coefficient (Wildman–Crippen LogP) is 0.969. The zero-order valence-electron chi connectivity index (χ0n) is 12.0. The molecule has 0 saturated heterocycles. The molecule has 0 saturated carbocycles. The standard InChI is InChI=1S/C13H20N2O4S/c1-4-5-20(17,18)15(2)10-12-6-11(8-14-9-12)7-13(16)19-3/h6,8-9H,4-5,7,10H2,1-3H3. The number of pyridine rings is 1. The van der Waals surface area contributed by atoms with Crippen molar-refractivity contribution in [3.8, 4) is 0 Å². The van der Waals surface area contributed by atoms with Gasteiger partial charge >= 0.3 is 5.97 Å². The third-order valence-electron chi connectivity index (χ3n) is 2.77. The predicted molar refractivity (Wildman–Crippen MR) is 75.5 cm³/mol.